The number of rotatable bonds is 4. The molecule has 0 fully saturated rings. The molecule has 0 aliphatic heterocycles. The Bertz CT molecular complexity index is 488. The summed E-state index contributed by atoms with van der Waals surface area (Å²) in [6, 6.07) is 9.77. The summed E-state index contributed by atoms with van der Waals surface area (Å²) in [6.45, 7) is 2.20. The van der Waals surface area contributed by atoms with Crippen LogP contribution in [0, 0.1) is 5.92 Å². The van der Waals surface area contributed by atoms with E-state index in [-0.39, 0.29) is 17.7 Å². The van der Waals surface area contributed by atoms with Crippen molar-refractivity contribution in [1.82, 2.24) is 0 Å². The first-order chi connectivity index (χ1) is 9.20. The van der Waals surface area contributed by atoms with Crippen LogP contribution < -0.4 is 0 Å². The predicted molar refractivity (Wildman–Crippen MR) is 73.4 cm³/mol. The molecular formula is C16H18O3. The Balaban J connectivity index is 2.20. The summed E-state index contributed by atoms with van der Waals surface area (Å²) in [6.07, 6.45) is 3.27. The first kappa shape index (κ1) is 13.5. The Morgan fingerprint density at radius 1 is 1.32 bits per heavy atom. The van der Waals surface area contributed by atoms with E-state index in [4.69, 9.17) is 4.74 Å². The van der Waals surface area contributed by atoms with Crippen LogP contribution in [0.5, 0.6) is 0 Å². The van der Waals surface area contributed by atoms with Crippen LogP contribution in [0.4, 0.5) is 0 Å². The summed E-state index contributed by atoms with van der Waals surface area (Å²) in [7, 11) is 0. The van der Waals surface area contributed by atoms with Crippen molar-refractivity contribution in [2.75, 3.05) is 6.61 Å². The van der Waals surface area contributed by atoms with Crippen molar-refractivity contribution in [3.63, 3.8) is 0 Å². The summed E-state index contributed by atoms with van der Waals surface area (Å²) >= 11 is 0. The van der Waals surface area contributed by atoms with E-state index in [9.17, 15) is 9.59 Å². The van der Waals surface area contributed by atoms with Crippen molar-refractivity contribution in [1.29, 1.82) is 0 Å². The van der Waals surface area contributed by atoms with Crippen LogP contribution in [0.2, 0.25) is 0 Å². The summed E-state index contributed by atoms with van der Waals surface area (Å²) < 4.78 is 5.00. The number of hydrogen-bond donors (Lipinski definition) is 0. The molecule has 0 aromatic heterocycles. The van der Waals surface area contributed by atoms with E-state index < -0.39 is 0 Å². The number of ether oxygens (including phenoxy) is 1. The Kier molecular flexibility index (Phi) is 4.50. The monoisotopic (exact) mass is 258 g/mol. The molecular weight excluding hydrogens is 240 g/mol. The van der Waals surface area contributed by atoms with Crippen LogP contribution in [0.15, 0.2) is 36.4 Å². The molecule has 0 N–H and O–H groups in total. The normalized spacial score (nSPS) is 18.9. The average molecular weight is 258 g/mol. The molecule has 3 nitrogen and oxygen atoms in total. The number of hydrogen-bond acceptors (Lipinski definition) is 3. The number of allylic oxidation sites excluding steroid dienone is 2. The van der Waals surface area contributed by atoms with Gasteiger partial charge in [-0.05, 0) is 36.5 Å². The number of benzene rings is 1. The third-order valence-corrected chi connectivity index (χ3v) is 3.32. The van der Waals surface area contributed by atoms with Gasteiger partial charge in [-0.3, -0.25) is 9.59 Å². The highest BCUT2D eigenvalue weighted by molar-refractivity contribution is 5.99. The van der Waals surface area contributed by atoms with Gasteiger partial charge in [-0.1, -0.05) is 30.3 Å². The highest BCUT2D eigenvalue weighted by Crippen LogP contribution is 2.33. The molecule has 19 heavy (non-hydrogen) atoms. The van der Waals surface area contributed by atoms with E-state index in [1.807, 2.05) is 30.3 Å². The zero-order chi connectivity index (χ0) is 13.7. The van der Waals surface area contributed by atoms with Gasteiger partial charge in [0.25, 0.3) is 0 Å². The minimum atomic E-state index is -0.191. The molecule has 2 rings (SSSR count). The van der Waals surface area contributed by atoms with E-state index in [1.54, 1.807) is 13.0 Å². The van der Waals surface area contributed by atoms with Crippen molar-refractivity contribution in [2.24, 2.45) is 5.92 Å². The Morgan fingerprint density at radius 2 is 2.05 bits per heavy atom. The Hall–Kier alpha value is -1.90. The fourth-order valence-electron chi connectivity index (χ4n) is 2.42. The molecule has 0 bridgehead atoms. The van der Waals surface area contributed by atoms with Gasteiger partial charge in [0.2, 0.25) is 0 Å². The lowest BCUT2D eigenvalue weighted by molar-refractivity contribution is -0.144. The minimum absolute atomic E-state index is 0.0825. The summed E-state index contributed by atoms with van der Waals surface area (Å²) in [4.78, 5) is 23.2. The van der Waals surface area contributed by atoms with E-state index in [0.717, 1.165) is 17.6 Å². The van der Waals surface area contributed by atoms with Crippen LogP contribution >= 0.6 is 0 Å². The van der Waals surface area contributed by atoms with Crippen molar-refractivity contribution in [3.8, 4) is 0 Å². The van der Waals surface area contributed by atoms with Crippen molar-refractivity contribution in [3.05, 3.63) is 42.0 Å². The SMILES string of the molecule is CCOC(=O)CC1CCC(=O)C=C1c1ccccc1. The largest absolute Gasteiger partial charge is 0.466 e. The second-order valence-corrected chi connectivity index (χ2v) is 4.68. The van der Waals surface area contributed by atoms with Crippen molar-refractivity contribution < 1.29 is 14.3 Å². The van der Waals surface area contributed by atoms with Gasteiger partial charge in [0.05, 0.1) is 13.0 Å². The molecule has 1 aliphatic rings. The smallest absolute Gasteiger partial charge is 0.306 e. The maximum Gasteiger partial charge on any atom is 0.306 e. The summed E-state index contributed by atoms with van der Waals surface area (Å²) in [5, 5.41) is 0. The van der Waals surface area contributed by atoms with Gasteiger partial charge in [0.15, 0.2) is 5.78 Å². The zero-order valence-corrected chi connectivity index (χ0v) is 11.1. The molecule has 0 amide bonds. The first-order valence-electron chi connectivity index (χ1n) is 6.66. The Morgan fingerprint density at radius 3 is 2.74 bits per heavy atom. The highest BCUT2D eigenvalue weighted by atomic mass is 16.5. The molecule has 0 spiro atoms. The molecule has 0 saturated carbocycles. The van der Waals surface area contributed by atoms with Gasteiger partial charge in [-0.2, -0.15) is 0 Å². The molecule has 0 radical (unpaired) electrons. The number of ketones is 1. The number of carbonyl (C=O) groups is 2. The lowest BCUT2D eigenvalue weighted by Crippen LogP contribution is -2.18. The molecule has 1 unspecified atom stereocenters. The molecule has 1 aromatic rings. The quantitative estimate of drug-likeness (QED) is 0.780. The lowest BCUT2D eigenvalue weighted by atomic mass is 9.81. The first-order valence-corrected chi connectivity index (χ1v) is 6.66. The van der Waals surface area contributed by atoms with Crippen molar-refractivity contribution in [2.45, 2.75) is 26.2 Å². The predicted octanol–water partition coefficient (Wildman–Crippen LogP) is 3.00. The zero-order valence-electron chi connectivity index (χ0n) is 11.1. The van der Waals surface area contributed by atoms with E-state index >= 15 is 0 Å². The third-order valence-electron chi connectivity index (χ3n) is 3.32. The molecule has 1 aromatic carbocycles. The maximum atomic E-state index is 11.6. The highest BCUT2D eigenvalue weighted by Gasteiger charge is 2.25. The van der Waals surface area contributed by atoms with Crippen LogP contribution in [-0.2, 0) is 14.3 Å². The molecule has 3 heteroatoms. The average Bonchev–Trinajstić information content (AvgIpc) is 2.42. The second kappa shape index (κ2) is 6.32. The van der Waals surface area contributed by atoms with E-state index in [1.165, 1.54) is 0 Å². The molecule has 1 atom stereocenters. The standard InChI is InChI=1S/C16H18O3/c1-2-19-16(18)10-13-8-9-14(17)11-15(13)12-6-4-3-5-7-12/h3-7,11,13H,2,8-10H2,1H3. The summed E-state index contributed by atoms with van der Waals surface area (Å²) in [5.74, 6) is 0.0294. The van der Waals surface area contributed by atoms with Crippen LogP contribution in [0.25, 0.3) is 5.57 Å². The van der Waals surface area contributed by atoms with Crippen molar-refractivity contribution >= 4 is 17.3 Å². The molecule has 1 aliphatic carbocycles. The van der Waals surface area contributed by atoms with Crippen LogP contribution in [-0.4, -0.2) is 18.4 Å². The minimum Gasteiger partial charge on any atom is -0.466 e. The number of esters is 1. The van der Waals surface area contributed by atoms with Gasteiger partial charge in [-0.25, -0.2) is 0 Å². The third kappa shape index (κ3) is 3.53. The molecule has 100 valence electrons. The van der Waals surface area contributed by atoms with Gasteiger partial charge in [-0.15, -0.1) is 0 Å². The molecule has 0 saturated heterocycles. The topological polar surface area (TPSA) is 43.4 Å². The fourth-order valence-corrected chi connectivity index (χ4v) is 2.42. The summed E-state index contributed by atoms with van der Waals surface area (Å²) in [5.41, 5.74) is 1.98. The Labute approximate surface area is 113 Å². The maximum absolute atomic E-state index is 11.6. The van der Waals surface area contributed by atoms with Crippen LogP contribution in [0.3, 0.4) is 0 Å². The number of carbonyl (C=O) groups excluding carboxylic acids is 2. The van der Waals surface area contributed by atoms with Gasteiger partial charge in [0.1, 0.15) is 0 Å². The molecule has 0 heterocycles. The van der Waals surface area contributed by atoms with Crippen LogP contribution in [0.1, 0.15) is 31.7 Å². The van der Waals surface area contributed by atoms with Gasteiger partial charge >= 0.3 is 5.97 Å². The van der Waals surface area contributed by atoms with E-state index in [2.05, 4.69) is 0 Å². The van der Waals surface area contributed by atoms with Gasteiger partial charge in [0, 0.05) is 6.42 Å². The lowest BCUT2D eigenvalue weighted by Gasteiger charge is -2.23. The fraction of sp³-hybridized carbons (Fsp3) is 0.375. The second-order valence-electron chi connectivity index (χ2n) is 4.68. The van der Waals surface area contributed by atoms with E-state index in [0.29, 0.717) is 19.4 Å². The van der Waals surface area contributed by atoms with Gasteiger partial charge < -0.3 is 4.74 Å².